The number of rotatable bonds is 7. The van der Waals surface area contributed by atoms with Crippen molar-refractivity contribution in [1.29, 1.82) is 0 Å². The topological polar surface area (TPSA) is 90.8 Å². The average Bonchev–Trinajstić information content (AvgIpc) is 3.41. The van der Waals surface area contributed by atoms with Crippen molar-refractivity contribution in [3.63, 3.8) is 0 Å². The van der Waals surface area contributed by atoms with Crippen LogP contribution in [-0.2, 0) is 24.9 Å². The lowest BCUT2D eigenvalue weighted by Crippen LogP contribution is -2.24. The largest absolute Gasteiger partial charge is 0.467 e. The van der Waals surface area contributed by atoms with Crippen LogP contribution in [0.3, 0.4) is 0 Å². The fourth-order valence-corrected chi connectivity index (χ4v) is 3.44. The second-order valence-electron chi connectivity index (χ2n) is 5.96. The molecule has 3 heterocycles. The SMILES string of the molecule is Cn1c(Cn2cnc3ccccc32)nnc1SCC(=O)NCc1ccco1. The van der Waals surface area contributed by atoms with E-state index < -0.39 is 0 Å². The quantitative estimate of drug-likeness (QED) is 0.493. The third-order valence-corrected chi connectivity index (χ3v) is 5.16. The van der Waals surface area contributed by atoms with Gasteiger partial charge in [-0.15, -0.1) is 10.2 Å². The van der Waals surface area contributed by atoms with Gasteiger partial charge in [-0.25, -0.2) is 4.98 Å². The molecule has 0 atom stereocenters. The maximum Gasteiger partial charge on any atom is 0.230 e. The van der Waals surface area contributed by atoms with Gasteiger partial charge in [0.05, 0.1) is 42.5 Å². The van der Waals surface area contributed by atoms with Gasteiger partial charge in [0.2, 0.25) is 5.91 Å². The van der Waals surface area contributed by atoms with Gasteiger partial charge >= 0.3 is 0 Å². The fraction of sp³-hybridized carbons (Fsp3) is 0.222. The maximum atomic E-state index is 12.0. The van der Waals surface area contributed by atoms with E-state index in [1.807, 2.05) is 46.5 Å². The summed E-state index contributed by atoms with van der Waals surface area (Å²) in [6.45, 7) is 0.944. The number of benzene rings is 1. The smallest absolute Gasteiger partial charge is 0.230 e. The van der Waals surface area contributed by atoms with Gasteiger partial charge in [0.25, 0.3) is 0 Å². The molecule has 3 aromatic heterocycles. The first kappa shape index (κ1) is 17.3. The fourth-order valence-electron chi connectivity index (χ4n) is 2.68. The summed E-state index contributed by atoms with van der Waals surface area (Å²) in [5.41, 5.74) is 1.99. The van der Waals surface area contributed by atoms with Crippen molar-refractivity contribution in [2.24, 2.45) is 7.05 Å². The van der Waals surface area contributed by atoms with Crippen LogP contribution in [-0.4, -0.2) is 36.0 Å². The molecule has 1 amide bonds. The first-order chi connectivity index (χ1) is 13.2. The molecule has 0 fully saturated rings. The Morgan fingerprint density at radius 1 is 1.22 bits per heavy atom. The van der Waals surface area contributed by atoms with Crippen molar-refractivity contribution < 1.29 is 9.21 Å². The highest BCUT2D eigenvalue weighted by Crippen LogP contribution is 2.18. The number of amides is 1. The third-order valence-electron chi connectivity index (χ3n) is 4.14. The van der Waals surface area contributed by atoms with Crippen LogP contribution in [0.4, 0.5) is 0 Å². The third kappa shape index (κ3) is 3.87. The highest BCUT2D eigenvalue weighted by atomic mass is 32.2. The molecular formula is C18H18N6O2S. The summed E-state index contributed by atoms with van der Waals surface area (Å²) in [6.07, 6.45) is 3.38. The molecular weight excluding hydrogens is 364 g/mol. The number of nitrogens with one attached hydrogen (secondary N) is 1. The number of aromatic nitrogens is 5. The predicted octanol–water partition coefficient (Wildman–Crippen LogP) is 2.21. The summed E-state index contributed by atoms with van der Waals surface area (Å²) in [7, 11) is 1.90. The predicted molar refractivity (Wildman–Crippen MR) is 101 cm³/mol. The zero-order valence-electron chi connectivity index (χ0n) is 14.7. The number of fused-ring (bicyclic) bond motifs is 1. The van der Waals surface area contributed by atoms with Crippen molar-refractivity contribution in [3.05, 3.63) is 60.6 Å². The first-order valence-corrected chi connectivity index (χ1v) is 9.39. The zero-order valence-corrected chi connectivity index (χ0v) is 15.5. The number of hydrogen-bond acceptors (Lipinski definition) is 6. The van der Waals surface area contributed by atoms with Crippen molar-refractivity contribution >= 4 is 28.7 Å². The number of furan rings is 1. The summed E-state index contributed by atoms with van der Waals surface area (Å²) in [4.78, 5) is 16.4. The number of hydrogen-bond donors (Lipinski definition) is 1. The van der Waals surface area contributed by atoms with E-state index in [2.05, 4.69) is 20.5 Å². The Kier molecular flexibility index (Phi) is 4.93. The van der Waals surface area contributed by atoms with Crippen LogP contribution in [0.2, 0.25) is 0 Å². The van der Waals surface area contributed by atoms with Crippen LogP contribution in [0.15, 0.2) is 58.6 Å². The zero-order chi connectivity index (χ0) is 18.6. The minimum Gasteiger partial charge on any atom is -0.467 e. The van der Waals surface area contributed by atoms with Crippen LogP contribution in [0, 0.1) is 0 Å². The summed E-state index contributed by atoms with van der Waals surface area (Å²) in [5.74, 6) is 1.71. The molecule has 138 valence electrons. The van der Waals surface area contributed by atoms with Gasteiger partial charge in [0, 0.05) is 7.05 Å². The lowest BCUT2D eigenvalue weighted by Gasteiger charge is -2.06. The highest BCUT2D eigenvalue weighted by Gasteiger charge is 2.13. The summed E-state index contributed by atoms with van der Waals surface area (Å²) in [6, 6.07) is 11.6. The second-order valence-corrected chi connectivity index (χ2v) is 6.91. The Balaban J connectivity index is 1.36. The summed E-state index contributed by atoms with van der Waals surface area (Å²) < 4.78 is 9.13. The molecule has 4 rings (SSSR count). The number of nitrogens with zero attached hydrogens (tertiary/aromatic N) is 5. The van der Waals surface area contributed by atoms with E-state index in [9.17, 15) is 4.79 Å². The molecule has 0 aliphatic rings. The lowest BCUT2D eigenvalue weighted by atomic mass is 10.3. The van der Waals surface area contributed by atoms with E-state index in [1.54, 1.807) is 18.7 Å². The molecule has 1 N–H and O–H groups in total. The van der Waals surface area contributed by atoms with Gasteiger partial charge in [-0.05, 0) is 24.3 Å². The van der Waals surface area contributed by atoms with Gasteiger partial charge in [-0.3, -0.25) is 4.79 Å². The maximum absolute atomic E-state index is 12.0. The Morgan fingerprint density at radius 2 is 2.11 bits per heavy atom. The van der Waals surface area contributed by atoms with Gasteiger partial charge in [-0.2, -0.15) is 0 Å². The molecule has 27 heavy (non-hydrogen) atoms. The van der Waals surface area contributed by atoms with Gasteiger partial charge in [0.15, 0.2) is 11.0 Å². The highest BCUT2D eigenvalue weighted by molar-refractivity contribution is 7.99. The molecule has 4 aromatic rings. The summed E-state index contributed by atoms with van der Waals surface area (Å²) >= 11 is 1.35. The number of imidazole rings is 1. The number of carbonyl (C=O) groups excluding carboxylic acids is 1. The van der Waals surface area contributed by atoms with E-state index in [-0.39, 0.29) is 11.7 Å². The Hall–Kier alpha value is -3.07. The minimum atomic E-state index is -0.0819. The molecule has 0 saturated heterocycles. The summed E-state index contributed by atoms with van der Waals surface area (Å²) in [5, 5.41) is 12.0. The molecule has 0 bridgehead atoms. The Morgan fingerprint density at radius 3 is 2.96 bits per heavy atom. The van der Waals surface area contributed by atoms with Crippen molar-refractivity contribution in [3.8, 4) is 0 Å². The van der Waals surface area contributed by atoms with Crippen LogP contribution >= 0.6 is 11.8 Å². The van der Waals surface area contributed by atoms with E-state index in [0.29, 0.717) is 18.2 Å². The Labute approximate surface area is 159 Å². The molecule has 0 unspecified atom stereocenters. The number of para-hydroxylation sites is 2. The minimum absolute atomic E-state index is 0.0819. The van der Waals surface area contributed by atoms with Gasteiger partial charge in [-0.1, -0.05) is 23.9 Å². The second kappa shape index (κ2) is 7.67. The number of carbonyl (C=O) groups is 1. The standard InChI is InChI=1S/C18H18N6O2S/c1-23-16(10-24-12-20-14-6-2-3-7-15(14)24)21-22-18(23)27-11-17(25)19-9-13-5-4-8-26-13/h2-8,12H,9-11H2,1H3,(H,19,25). The molecule has 0 radical (unpaired) electrons. The van der Waals surface area contributed by atoms with E-state index >= 15 is 0 Å². The molecule has 0 spiro atoms. The van der Waals surface area contributed by atoms with Crippen LogP contribution in [0.25, 0.3) is 11.0 Å². The molecule has 0 aliphatic heterocycles. The Bertz CT molecular complexity index is 1050. The van der Waals surface area contributed by atoms with E-state index in [1.165, 1.54) is 11.8 Å². The van der Waals surface area contributed by atoms with Crippen LogP contribution in [0.1, 0.15) is 11.6 Å². The van der Waals surface area contributed by atoms with Gasteiger partial charge in [0.1, 0.15) is 5.76 Å². The van der Waals surface area contributed by atoms with Crippen molar-refractivity contribution in [2.75, 3.05) is 5.75 Å². The van der Waals surface area contributed by atoms with E-state index in [0.717, 1.165) is 22.6 Å². The van der Waals surface area contributed by atoms with Gasteiger partial charge < -0.3 is 18.9 Å². The van der Waals surface area contributed by atoms with Crippen LogP contribution in [0.5, 0.6) is 0 Å². The van der Waals surface area contributed by atoms with Crippen LogP contribution < -0.4 is 5.32 Å². The number of thioether (sulfide) groups is 1. The normalized spacial score (nSPS) is 11.1. The monoisotopic (exact) mass is 382 g/mol. The van der Waals surface area contributed by atoms with Crippen molar-refractivity contribution in [1.82, 2.24) is 29.6 Å². The molecule has 0 saturated carbocycles. The van der Waals surface area contributed by atoms with Crippen molar-refractivity contribution in [2.45, 2.75) is 18.2 Å². The first-order valence-electron chi connectivity index (χ1n) is 8.41. The lowest BCUT2D eigenvalue weighted by molar-refractivity contribution is -0.118. The molecule has 1 aromatic carbocycles. The molecule has 0 aliphatic carbocycles. The molecule has 9 heteroatoms. The van der Waals surface area contributed by atoms with E-state index in [4.69, 9.17) is 4.42 Å². The molecule has 8 nitrogen and oxygen atoms in total. The average molecular weight is 382 g/mol.